The Labute approximate surface area is 143 Å². The largest absolute Gasteiger partial charge is 0.497 e. The van der Waals surface area contributed by atoms with Crippen LogP contribution in [0.5, 0.6) is 11.5 Å². The number of nitrogens with zero attached hydrogens (tertiary/aromatic N) is 2. The van der Waals surface area contributed by atoms with Gasteiger partial charge in [-0.1, -0.05) is 0 Å². The van der Waals surface area contributed by atoms with Gasteiger partial charge in [0.15, 0.2) is 12.4 Å². The number of halogens is 1. The molecule has 0 atom stereocenters. The topological polar surface area (TPSA) is 74.5 Å². The van der Waals surface area contributed by atoms with Crippen LogP contribution in [0.15, 0.2) is 46.9 Å². The maximum atomic E-state index is 13.0. The molecule has 0 N–H and O–H groups in total. The number of carbonyl (C=O) groups excluding carboxylic acids is 1. The second-order valence-electron chi connectivity index (χ2n) is 5.21. The number of ketones is 1. The summed E-state index contributed by atoms with van der Waals surface area (Å²) in [6.07, 6.45) is 0. The van der Waals surface area contributed by atoms with Gasteiger partial charge in [-0.05, 0) is 43.3 Å². The first kappa shape index (κ1) is 16.6. The molecule has 7 heteroatoms. The van der Waals surface area contributed by atoms with E-state index in [1.165, 1.54) is 26.2 Å². The van der Waals surface area contributed by atoms with E-state index in [0.717, 1.165) is 0 Å². The molecule has 0 amide bonds. The van der Waals surface area contributed by atoms with E-state index >= 15 is 0 Å². The Morgan fingerprint density at radius 1 is 1.16 bits per heavy atom. The van der Waals surface area contributed by atoms with Crippen molar-refractivity contribution in [1.29, 1.82) is 0 Å². The van der Waals surface area contributed by atoms with Crippen LogP contribution in [0.25, 0.3) is 11.5 Å². The summed E-state index contributed by atoms with van der Waals surface area (Å²) in [5, 5.41) is 7.80. The van der Waals surface area contributed by atoms with E-state index in [0.29, 0.717) is 22.6 Å². The molecule has 1 heterocycles. The number of methoxy groups -OCH3 is 1. The lowest BCUT2D eigenvalue weighted by molar-refractivity contribution is 0.101. The molecular weight excluding hydrogens is 327 g/mol. The summed E-state index contributed by atoms with van der Waals surface area (Å²) in [6.45, 7) is 1.44. The summed E-state index contributed by atoms with van der Waals surface area (Å²) in [5.74, 6) is 0.954. The van der Waals surface area contributed by atoms with Gasteiger partial charge >= 0.3 is 0 Å². The van der Waals surface area contributed by atoms with Crippen LogP contribution in [0.2, 0.25) is 0 Å². The van der Waals surface area contributed by atoms with Crippen molar-refractivity contribution in [3.05, 3.63) is 59.7 Å². The molecule has 3 rings (SSSR count). The van der Waals surface area contributed by atoms with Crippen LogP contribution < -0.4 is 9.47 Å². The zero-order valence-electron chi connectivity index (χ0n) is 13.7. The number of Topliss-reactive ketones (excluding diaryl/α,β-unsaturated/α-hetero) is 1. The van der Waals surface area contributed by atoms with Crippen molar-refractivity contribution in [3.63, 3.8) is 0 Å². The number of aromatic nitrogens is 2. The summed E-state index contributed by atoms with van der Waals surface area (Å²) < 4.78 is 29.2. The van der Waals surface area contributed by atoms with E-state index in [1.54, 1.807) is 30.3 Å². The molecule has 1 aromatic heterocycles. The van der Waals surface area contributed by atoms with Crippen LogP contribution in [0, 0.1) is 5.82 Å². The van der Waals surface area contributed by atoms with Gasteiger partial charge in [-0.25, -0.2) is 4.39 Å². The third-order valence-electron chi connectivity index (χ3n) is 3.48. The first-order chi connectivity index (χ1) is 12.1. The van der Waals surface area contributed by atoms with Crippen molar-refractivity contribution in [2.24, 2.45) is 0 Å². The SMILES string of the molecule is COc1ccc(C(C)=O)c(OCc2nnc(-c3ccc(F)cc3)o2)c1. The van der Waals surface area contributed by atoms with Crippen LogP contribution in [0.1, 0.15) is 23.2 Å². The van der Waals surface area contributed by atoms with E-state index in [9.17, 15) is 9.18 Å². The molecule has 3 aromatic rings. The summed E-state index contributed by atoms with van der Waals surface area (Å²) in [7, 11) is 1.53. The predicted octanol–water partition coefficient (Wildman–Crippen LogP) is 3.67. The first-order valence-electron chi connectivity index (χ1n) is 7.47. The van der Waals surface area contributed by atoms with Crippen molar-refractivity contribution in [1.82, 2.24) is 10.2 Å². The molecule has 0 spiro atoms. The smallest absolute Gasteiger partial charge is 0.254 e. The van der Waals surface area contributed by atoms with E-state index in [-0.39, 0.29) is 30.0 Å². The summed E-state index contributed by atoms with van der Waals surface area (Å²) in [5.41, 5.74) is 1.03. The van der Waals surface area contributed by atoms with Crippen LogP contribution in [0.3, 0.4) is 0 Å². The molecule has 128 valence electrons. The highest BCUT2D eigenvalue weighted by Gasteiger charge is 2.13. The lowest BCUT2D eigenvalue weighted by Gasteiger charge is -2.09. The third-order valence-corrected chi connectivity index (χ3v) is 3.48. The fraction of sp³-hybridized carbons (Fsp3) is 0.167. The zero-order chi connectivity index (χ0) is 17.8. The molecule has 0 aliphatic carbocycles. The summed E-state index contributed by atoms with van der Waals surface area (Å²) in [6, 6.07) is 10.6. The number of carbonyl (C=O) groups is 1. The maximum absolute atomic E-state index is 13.0. The van der Waals surface area contributed by atoms with E-state index in [2.05, 4.69) is 10.2 Å². The number of rotatable bonds is 6. The average molecular weight is 342 g/mol. The van der Waals surface area contributed by atoms with Gasteiger partial charge in [0.05, 0.1) is 12.7 Å². The Hall–Kier alpha value is -3.22. The van der Waals surface area contributed by atoms with Crippen molar-refractivity contribution >= 4 is 5.78 Å². The van der Waals surface area contributed by atoms with Gasteiger partial charge in [0, 0.05) is 11.6 Å². The van der Waals surface area contributed by atoms with Gasteiger partial charge in [0.2, 0.25) is 5.89 Å². The number of hydrogen-bond acceptors (Lipinski definition) is 6. The molecule has 0 saturated carbocycles. The Morgan fingerprint density at radius 2 is 1.92 bits per heavy atom. The normalized spacial score (nSPS) is 10.5. The van der Waals surface area contributed by atoms with E-state index < -0.39 is 0 Å². The monoisotopic (exact) mass is 342 g/mol. The van der Waals surface area contributed by atoms with E-state index in [1.807, 2.05) is 0 Å². The highest BCUT2D eigenvalue weighted by Crippen LogP contribution is 2.26. The minimum Gasteiger partial charge on any atom is -0.497 e. The van der Waals surface area contributed by atoms with Crippen LogP contribution in [0.4, 0.5) is 4.39 Å². The molecule has 0 radical (unpaired) electrons. The fourth-order valence-electron chi connectivity index (χ4n) is 2.20. The predicted molar refractivity (Wildman–Crippen MR) is 87.0 cm³/mol. The maximum Gasteiger partial charge on any atom is 0.254 e. The standard InChI is InChI=1S/C18H15FN2O4/c1-11(22)15-8-7-14(23-2)9-16(15)24-10-17-20-21-18(25-17)12-3-5-13(19)6-4-12/h3-9H,10H2,1-2H3. The average Bonchev–Trinajstić information content (AvgIpc) is 3.09. The second-order valence-corrected chi connectivity index (χ2v) is 5.21. The van der Waals surface area contributed by atoms with Gasteiger partial charge in [-0.3, -0.25) is 4.79 Å². The zero-order valence-corrected chi connectivity index (χ0v) is 13.7. The van der Waals surface area contributed by atoms with Crippen LogP contribution >= 0.6 is 0 Å². The minimum atomic E-state index is -0.346. The molecule has 0 unspecified atom stereocenters. The molecule has 0 saturated heterocycles. The number of benzene rings is 2. The van der Waals surface area contributed by atoms with Crippen molar-refractivity contribution in [3.8, 4) is 23.0 Å². The molecule has 0 fully saturated rings. The molecule has 6 nitrogen and oxygen atoms in total. The van der Waals surface area contributed by atoms with Gasteiger partial charge in [0.25, 0.3) is 5.89 Å². The van der Waals surface area contributed by atoms with Gasteiger partial charge in [0.1, 0.15) is 17.3 Å². The Morgan fingerprint density at radius 3 is 2.60 bits per heavy atom. The summed E-state index contributed by atoms with van der Waals surface area (Å²) in [4.78, 5) is 11.7. The van der Waals surface area contributed by atoms with Crippen molar-refractivity contribution < 1.29 is 23.1 Å². The quantitative estimate of drug-likeness (QED) is 0.636. The molecule has 25 heavy (non-hydrogen) atoms. The van der Waals surface area contributed by atoms with Crippen molar-refractivity contribution in [2.75, 3.05) is 7.11 Å². The van der Waals surface area contributed by atoms with E-state index in [4.69, 9.17) is 13.9 Å². The van der Waals surface area contributed by atoms with Gasteiger partial charge in [-0.15, -0.1) is 10.2 Å². The van der Waals surface area contributed by atoms with Crippen molar-refractivity contribution in [2.45, 2.75) is 13.5 Å². The van der Waals surface area contributed by atoms with Gasteiger partial charge in [-0.2, -0.15) is 0 Å². The lowest BCUT2D eigenvalue weighted by atomic mass is 10.1. The number of ether oxygens (including phenoxy) is 2. The number of hydrogen-bond donors (Lipinski definition) is 0. The fourth-order valence-corrected chi connectivity index (χ4v) is 2.20. The highest BCUT2D eigenvalue weighted by atomic mass is 19.1. The summed E-state index contributed by atoms with van der Waals surface area (Å²) >= 11 is 0. The lowest BCUT2D eigenvalue weighted by Crippen LogP contribution is -2.02. The third kappa shape index (κ3) is 3.82. The molecular formula is C18H15FN2O4. The molecule has 0 aliphatic rings. The van der Waals surface area contributed by atoms with Gasteiger partial charge < -0.3 is 13.9 Å². The van der Waals surface area contributed by atoms with Crippen LogP contribution in [-0.2, 0) is 6.61 Å². The Balaban J connectivity index is 1.76. The minimum absolute atomic E-state index is 0.0123. The second kappa shape index (κ2) is 7.12. The van der Waals surface area contributed by atoms with Crippen LogP contribution in [-0.4, -0.2) is 23.1 Å². The molecule has 0 bridgehead atoms. The Bertz CT molecular complexity index is 890. The Kier molecular flexibility index (Phi) is 4.74. The molecule has 0 aliphatic heterocycles. The first-order valence-corrected chi connectivity index (χ1v) is 7.47. The molecule has 2 aromatic carbocycles. The highest BCUT2D eigenvalue weighted by molar-refractivity contribution is 5.97.